The number of nitrogens with two attached hydrogens (primary N) is 4. The van der Waals surface area contributed by atoms with Gasteiger partial charge in [0.1, 0.15) is 18.1 Å². The summed E-state index contributed by atoms with van der Waals surface area (Å²) in [6.45, 7) is 0.791. The van der Waals surface area contributed by atoms with Crippen molar-refractivity contribution in [1.29, 1.82) is 5.41 Å². The maximum Gasteiger partial charge on any atom is 0.243 e. The van der Waals surface area contributed by atoms with Crippen LogP contribution in [-0.2, 0) is 25.6 Å². The molecule has 4 saturated carbocycles. The molecule has 4 aliphatic rings. The first-order valence-electron chi connectivity index (χ1n) is 17.2. The van der Waals surface area contributed by atoms with E-state index in [0.29, 0.717) is 69.4 Å². The molecule has 0 aromatic heterocycles. The SMILES string of the molecule is N=C(N)NCCC[C@@H](NC(=O)[C@@H](N)Cc1ccccc1)C(=O)N[C@@H](CC12CC3CC(CC(C3)C1)C2)C(=O)N[C@@H](CCCCN)C(N)=O. The zero-order chi connectivity index (χ0) is 34.0. The van der Waals surface area contributed by atoms with E-state index in [9.17, 15) is 19.2 Å². The first kappa shape index (κ1) is 36.1. The zero-order valence-electron chi connectivity index (χ0n) is 27.5. The molecule has 4 fully saturated rings. The Bertz CT molecular complexity index is 1210. The van der Waals surface area contributed by atoms with E-state index in [1.807, 2.05) is 30.3 Å². The van der Waals surface area contributed by atoms with Crippen LogP contribution in [0.1, 0.15) is 82.6 Å². The number of nitrogens with one attached hydrogen (secondary N) is 5. The number of benzene rings is 1. The topological polar surface area (TPSA) is 244 Å². The van der Waals surface area contributed by atoms with Gasteiger partial charge in [-0.15, -0.1) is 0 Å². The molecule has 13 heteroatoms. The molecule has 0 saturated heterocycles. The maximum absolute atomic E-state index is 14.0. The van der Waals surface area contributed by atoms with Gasteiger partial charge in [-0.1, -0.05) is 30.3 Å². The molecule has 47 heavy (non-hydrogen) atoms. The molecular weight excluding hydrogens is 598 g/mol. The molecule has 0 unspecified atom stereocenters. The normalized spacial score (nSPS) is 25.2. The van der Waals surface area contributed by atoms with Crippen LogP contribution >= 0.6 is 0 Å². The van der Waals surface area contributed by atoms with E-state index in [1.165, 1.54) is 19.3 Å². The Morgan fingerprint density at radius 3 is 1.91 bits per heavy atom. The molecule has 0 heterocycles. The molecular formula is C34H55N9O4. The van der Waals surface area contributed by atoms with Crippen LogP contribution in [0.5, 0.6) is 0 Å². The summed E-state index contributed by atoms with van der Waals surface area (Å²) in [5, 5.41) is 18.8. The summed E-state index contributed by atoms with van der Waals surface area (Å²) < 4.78 is 0. The molecule has 1 aromatic rings. The summed E-state index contributed by atoms with van der Waals surface area (Å²) in [7, 11) is 0. The van der Waals surface area contributed by atoms with Crippen LogP contribution in [0.4, 0.5) is 0 Å². The molecule has 4 amide bonds. The summed E-state index contributed by atoms with van der Waals surface area (Å²) in [4.78, 5) is 53.5. The van der Waals surface area contributed by atoms with Crippen molar-refractivity contribution >= 4 is 29.6 Å². The Kier molecular flexibility index (Phi) is 13.0. The molecule has 4 aliphatic carbocycles. The van der Waals surface area contributed by atoms with Crippen LogP contribution in [0.3, 0.4) is 0 Å². The number of guanidine groups is 1. The zero-order valence-corrected chi connectivity index (χ0v) is 27.5. The van der Waals surface area contributed by atoms with Gasteiger partial charge in [0.25, 0.3) is 0 Å². The molecule has 5 rings (SSSR count). The van der Waals surface area contributed by atoms with Crippen LogP contribution in [0.25, 0.3) is 0 Å². The molecule has 4 bridgehead atoms. The number of primary amides is 1. The fourth-order valence-corrected chi connectivity index (χ4v) is 8.54. The first-order chi connectivity index (χ1) is 22.5. The van der Waals surface area contributed by atoms with Gasteiger partial charge < -0.3 is 44.2 Å². The Hall–Kier alpha value is -3.71. The van der Waals surface area contributed by atoms with E-state index in [1.54, 1.807) is 0 Å². The molecule has 0 spiro atoms. The first-order valence-corrected chi connectivity index (χ1v) is 17.2. The maximum atomic E-state index is 14.0. The van der Waals surface area contributed by atoms with Crippen LogP contribution in [-0.4, -0.2) is 66.8 Å². The van der Waals surface area contributed by atoms with Crippen molar-refractivity contribution in [3.63, 3.8) is 0 Å². The van der Waals surface area contributed by atoms with Crippen molar-refractivity contribution < 1.29 is 19.2 Å². The van der Waals surface area contributed by atoms with Gasteiger partial charge in [0.2, 0.25) is 23.6 Å². The van der Waals surface area contributed by atoms with Gasteiger partial charge in [-0.25, -0.2) is 0 Å². The van der Waals surface area contributed by atoms with Gasteiger partial charge in [0.15, 0.2) is 5.96 Å². The average molecular weight is 654 g/mol. The number of rotatable bonds is 19. The highest BCUT2D eigenvalue weighted by atomic mass is 16.2. The van der Waals surface area contributed by atoms with Crippen molar-refractivity contribution in [2.45, 2.75) is 108 Å². The fourth-order valence-electron chi connectivity index (χ4n) is 8.54. The second-order valence-corrected chi connectivity index (χ2v) is 14.3. The minimum atomic E-state index is -0.985. The lowest BCUT2D eigenvalue weighted by atomic mass is 9.48. The van der Waals surface area contributed by atoms with Crippen LogP contribution in [0.15, 0.2) is 30.3 Å². The van der Waals surface area contributed by atoms with Crippen molar-refractivity contribution in [2.75, 3.05) is 13.1 Å². The van der Waals surface area contributed by atoms with E-state index in [2.05, 4.69) is 21.3 Å². The Balaban J connectivity index is 1.51. The van der Waals surface area contributed by atoms with E-state index >= 15 is 0 Å². The molecule has 0 radical (unpaired) electrons. The molecule has 1 aromatic carbocycles. The van der Waals surface area contributed by atoms with Gasteiger partial charge in [-0.2, -0.15) is 0 Å². The lowest BCUT2D eigenvalue weighted by Gasteiger charge is -2.57. The van der Waals surface area contributed by atoms with Crippen LogP contribution in [0.2, 0.25) is 0 Å². The minimum Gasteiger partial charge on any atom is -0.370 e. The van der Waals surface area contributed by atoms with Gasteiger partial charge in [0, 0.05) is 6.54 Å². The highest BCUT2D eigenvalue weighted by molar-refractivity contribution is 5.94. The van der Waals surface area contributed by atoms with E-state index in [-0.39, 0.29) is 17.8 Å². The third kappa shape index (κ3) is 10.6. The molecule has 260 valence electrons. The quantitative estimate of drug-likeness (QED) is 0.0576. The Labute approximate surface area is 278 Å². The number of carbonyl (C=O) groups is 4. The van der Waals surface area contributed by atoms with E-state index in [0.717, 1.165) is 24.8 Å². The highest BCUT2D eigenvalue weighted by Gasteiger charge is 2.52. The van der Waals surface area contributed by atoms with Crippen molar-refractivity contribution in [2.24, 2.45) is 46.1 Å². The lowest BCUT2D eigenvalue weighted by molar-refractivity contribution is -0.136. The van der Waals surface area contributed by atoms with Gasteiger partial charge in [0.05, 0.1) is 6.04 Å². The Morgan fingerprint density at radius 1 is 0.787 bits per heavy atom. The largest absolute Gasteiger partial charge is 0.370 e. The fraction of sp³-hybridized carbons (Fsp3) is 0.676. The van der Waals surface area contributed by atoms with Gasteiger partial charge in [-0.05, 0) is 119 Å². The smallest absolute Gasteiger partial charge is 0.243 e. The second kappa shape index (κ2) is 16.9. The monoisotopic (exact) mass is 653 g/mol. The molecule has 13 N–H and O–H groups in total. The van der Waals surface area contributed by atoms with E-state index < -0.39 is 47.8 Å². The highest BCUT2D eigenvalue weighted by Crippen LogP contribution is 2.61. The summed E-state index contributed by atoms with van der Waals surface area (Å²) in [6.07, 6.45) is 9.87. The molecule has 13 nitrogen and oxygen atoms in total. The lowest BCUT2D eigenvalue weighted by Crippen LogP contribution is -2.59. The predicted molar refractivity (Wildman–Crippen MR) is 180 cm³/mol. The second-order valence-electron chi connectivity index (χ2n) is 14.3. The number of unbranched alkanes of at least 4 members (excludes halogenated alkanes) is 1. The van der Waals surface area contributed by atoms with E-state index in [4.69, 9.17) is 28.3 Å². The van der Waals surface area contributed by atoms with Crippen LogP contribution < -0.4 is 44.2 Å². The Morgan fingerprint density at radius 2 is 1.34 bits per heavy atom. The number of carbonyl (C=O) groups excluding carboxylic acids is 4. The summed E-state index contributed by atoms with van der Waals surface area (Å²) in [5.74, 6) is -0.337. The molecule has 0 aliphatic heterocycles. The summed E-state index contributed by atoms with van der Waals surface area (Å²) in [5.41, 5.74) is 23.8. The van der Waals surface area contributed by atoms with Crippen molar-refractivity contribution in [3.05, 3.63) is 35.9 Å². The third-order valence-electron chi connectivity index (χ3n) is 10.3. The summed E-state index contributed by atoms with van der Waals surface area (Å²) in [6, 6.07) is 5.72. The third-order valence-corrected chi connectivity index (χ3v) is 10.3. The number of hydrogen-bond acceptors (Lipinski definition) is 7. The molecule has 4 atom stereocenters. The number of hydrogen-bond donors (Lipinski definition) is 9. The number of amides is 4. The van der Waals surface area contributed by atoms with Gasteiger partial charge >= 0.3 is 0 Å². The standard InChI is InChI=1S/C34H55N9O4/c35-11-5-4-9-26(29(37)44)41-32(47)28(20-34-17-22-13-23(18-34)15-24(14-22)19-34)43-31(46)27(10-6-12-40-33(38)39)42-30(45)25(36)16-21-7-2-1-3-8-21/h1-3,7-8,22-28H,4-6,9-20,35-36H2,(H2,37,44)(H,41,47)(H,42,45)(H,43,46)(H4,38,39,40)/t22?,23?,24?,25-,26-,27+,28-,34?/m0/s1. The summed E-state index contributed by atoms with van der Waals surface area (Å²) >= 11 is 0. The van der Waals surface area contributed by atoms with Gasteiger partial charge in [-0.3, -0.25) is 24.6 Å². The van der Waals surface area contributed by atoms with Crippen molar-refractivity contribution in [3.8, 4) is 0 Å². The van der Waals surface area contributed by atoms with Crippen molar-refractivity contribution in [1.82, 2.24) is 21.3 Å². The minimum absolute atomic E-state index is 0.0615. The predicted octanol–water partition coefficient (Wildman–Crippen LogP) is 0.495. The van der Waals surface area contributed by atoms with Crippen LogP contribution in [0, 0.1) is 28.6 Å². The average Bonchev–Trinajstić information content (AvgIpc) is 3.01.